The lowest BCUT2D eigenvalue weighted by atomic mass is 9.72. The van der Waals surface area contributed by atoms with Crippen molar-refractivity contribution in [1.29, 1.82) is 0 Å². The van der Waals surface area contributed by atoms with Crippen LogP contribution in [0.5, 0.6) is 5.75 Å². The van der Waals surface area contributed by atoms with Gasteiger partial charge in [0, 0.05) is 0 Å². The summed E-state index contributed by atoms with van der Waals surface area (Å²) in [6.45, 7) is 0. The van der Waals surface area contributed by atoms with E-state index in [2.05, 4.69) is 5.32 Å². The molecule has 0 radical (unpaired) electrons. The minimum absolute atomic E-state index is 0.0553. The topological polar surface area (TPSA) is 116 Å². The van der Waals surface area contributed by atoms with Crippen LogP contribution in [0.15, 0.2) is 18.2 Å². The Morgan fingerprint density at radius 3 is 2.72 bits per heavy atom. The molecule has 0 spiro atoms. The monoisotopic (exact) mass is 251 g/mol. The number of amides is 1. The van der Waals surface area contributed by atoms with Gasteiger partial charge in [0.15, 0.2) is 0 Å². The number of aromatic carboxylic acids is 1. The standard InChI is InChI=1S/C10H10BNO6/c13-9(14)6-3-1-2-5-4-7(12-10(15)16)11(17)18-8(5)6/h1-3,7,12,17H,4H2,(H,13,14)(H,15,16)/t7-/m0/s1. The van der Waals surface area contributed by atoms with E-state index in [0.29, 0.717) is 5.56 Å². The molecule has 18 heavy (non-hydrogen) atoms. The van der Waals surface area contributed by atoms with Crippen LogP contribution in [0.3, 0.4) is 0 Å². The summed E-state index contributed by atoms with van der Waals surface area (Å²) in [5.41, 5.74) is 0.485. The fraction of sp³-hybridized carbons (Fsp3) is 0.200. The minimum Gasteiger partial charge on any atom is -0.534 e. The highest BCUT2D eigenvalue weighted by atomic mass is 16.5. The van der Waals surface area contributed by atoms with Gasteiger partial charge in [0.25, 0.3) is 0 Å². The molecule has 1 aromatic rings. The predicted octanol–water partition coefficient (Wildman–Crippen LogP) is -0.0244. The average molecular weight is 251 g/mol. The van der Waals surface area contributed by atoms with Gasteiger partial charge in [0.1, 0.15) is 5.75 Å². The van der Waals surface area contributed by atoms with Crippen molar-refractivity contribution in [2.75, 3.05) is 0 Å². The number of hydrogen-bond acceptors (Lipinski definition) is 4. The Balaban J connectivity index is 2.33. The van der Waals surface area contributed by atoms with Gasteiger partial charge in [0.2, 0.25) is 0 Å². The lowest BCUT2D eigenvalue weighted by molar-refractivity contribution is 0.0694. The van der Waals surface area contributed by atoms with Crippen LogP contribution in [-0.2, 0) is 6.42 Å². The van der Waals surface area contributed by atoms with Crippen molar-refractivity contribution in [1.82, 2.24) is 5.32 Å². The van der Waals surface area contributed by atoms with Gasteiger partial charge in [-0.15, -0.1) is 0 Å². The van der Waals surface area contributed by atoms with E-state index in [9.17, 15) is 14.6 Å². The smallest absolute Gasteiger partial charge is 0.534 e. The third-order valence-corrected chi connectivity index (χ3v) is 2.66. The van der Waals surface area contributed by atoms with Crippen molar-refractivity contribution in [2.45, 2.75) is 12.4 Å². The van der Waals surface area contributed by atoms with E-state index in [-0.39, 0.29) is 17.7 Å². The van der Waals surface area contributed by atoms with Crippen molar-refractivity contribution in [3.8, 4) is 5.75 Å². The first kappa shape index (κ1) is 12.2. The zero-order valence-corrected chi connectivity index (χ0v) is 9.16. The van der Waals surface area contributed by atoms with Crippen molar-refractivity contribution in [3.05, 3.63) is 29.3 Å². The van der Waals surface area contributed by atoms with Gasteiger partial charge in [-0.25, -0.2) is 9.59 Å². The number of benzene rings is 1. The summed E-state index contributed by atoms with van der Waals surface area (Å²) in [5, 5.41) is 29.3. The summed E-state index contributed by atoms with van der Waals surface area (Å²) in [5.74, 6) is -1.90. The van der Waals surface area contributed by atoms with Crippen LogP contribution < -0.4 is 9.97 Å². The molecule has 0 bridgehead atoms. The molecule has 0 aromatic heterocycles. The lowest BCUT2D eigenvalue weighted by Gasteiger charge is -2.27. The molecular formula is C10H10BNO6. The van der Waals surface area contributed by atoms with Crippen LogP contribution in [0.1, 0.15) is 15.9 Å². The van der Waals surface area contributed by atoms with Crippen LogP contribution in [0.4, 0.5) is 4.79 Å². The molecule has 7 nitrogen and oxygen atoms in total. The molecule has 1 aliphatic rings. The molecule has 0 saturated carbocycles. The molecule has 1 heterocycles. The summed E-state index contributed by atoms with van der Waals surface area (Å²) in [6, 6.07) is 4.53. The lowest BCUT2D eigenvalue weighted by Crippen LogP contribution is -2.52. The summed E-state index contributed by atoms with van der Waals surface area (Å²) < 4.78 is 5.09. The fourth-order valence-electron chi connectivity index (χ4n) is 1.87. The number of fused-ring (bicyclic) bond motifs is 1. The number of carboxylic acids is 1. The highest BCUT2D eigenvalue weighted by Crippen LogP contribution is 2.29. The Morgan fingerprint density at radius 1 is 1.39 bits per heavy atom. The van der Waals surface area contributed by atoms with E-state index in [1.807, 2.05) is 0 Å². The number of carboxylic acid groups (broad SMARTS) is 2. The zero-order chi connectivity index (χ0) is 13.3. The Bertz CT molecular complexity index is 505. The van der Waals surface area contributed by atoms with E-state index < -0.39 is 25.1 Å². The Labute approximate surface area is 102 Å². The van der Waals surface area contributed by atoms with E-state index in [0.717, 1.165) is 0 Å². The fourth-order valence-corrected chi connectivity index (χ4v) is 1.87. The molecule has 1 aromatic carbocycles. The van der Waals surface area contributed by atoms with Gasteiger partial charge in [-0.3, -0.25) is 0 Å². The van der Waals surface area contributed by atoms with Gasteiger partial charge in [-0.1, -0.05) is 12.1 Å². The number of rotatable bonds is 2. The second-order valence-electron chi connectivity index (χ2n) is 3.87. The molecule has 0 fully saturated rings. The SMILES string of the molecule is O=C(O)N[C@H]1Cc2cccc(C(=O)O)c2OB1O. The summed E-state index contributed by atoms with van der Waals surface area (Å²) >= 11 is 0. The molecule has 94 valence electrons. The van der Waals surface area contributed by atoms with Crippen molar-refractivity contribution in [2.24, 2.45) is 0 Å². The number of carbonyl (C=O) groups is 2. The highest BCUT2D eigenvalue weighted by Gasteiger charge is 2.37. The molecular weight excluding hydrogens is 241 g/mol. The second kappa shape index (κ2) is 4.57. The van der Waals surface area contributed by atoms with Gasteiger partial charge in [-0.05, 0) is 18.1 Å². The van der Waals surface area contributed by atoms with E-state index in [1.54, 1.807) is 12.1 Å². The van der Waals surface area contributed by atoms with Gasteiger partial charge < -0.3 is 25.2 Å². The van der Waals surface area contributed by atoms with Gasteiger partial charge >= 0.3 is 19.2 Å². The number of hydrogen-bond donors (Lipinski definition) is 4. The first-order valence-electron chi connectivity index (χ1n) is 5.18. The summed E-state index contributed by atoms with van der Waals surface area (Å²) in [4.78, 5) is 21.5. The maximum Gasteiger partial charge on any atom is 0.547 e. The summed E-state index contributed by atoms with van der Waals surface area (Å²) in [7, 11) is -1.41. The maximum atomic E-state index is 11.0. The van der Waals surface area contributed by atoms with Gasteiger partial charge in [-0.2, -0.15) is 0 Å². The number of para-hydroxylation sites is 1. The molecule has 4 N–H and O–H groups in total. The average Bonchev–Trinajstić information content (AvgIpc) is 2.28. The van der Waals surface area contributed by atoms with Crippen LogP contribution in [0.25, 0.3) is 0 Å². The van der Waals surface area contributed by atoms with Crippen molar-refractivity contribution < 1.29 is 29.5 Å². The van der Waals surface area contributed by atoms with E-state index in [1.165, 1.54) is 6.07 Å². The molecule has 0 aliphatic carbocycles. The molecule has 1 atom stereocenters. The molecule has 2 rings (SSSR count). The Kier molecular flexibility index (Phi) is 3.11. The van der Waals surface area contributed by atoms with Crippen LogP contribution in [-0.4, -0.2) is 40.4 Å². The first-order chi connectivity index (χ1) is 8.49. The van der Waals surface area contributed by atoms with E-state index >= 15 is 0 Å². The summed E-state index contributed by atoms with van der Waals surface area (Å²) in [6.07, 6.45) is -1.11. The molecule has 8 heteroatoms. The highest BCUT2D eigenvalue weighted by molar-refractivity contribution is 6.46. The Morgan fingerprint density at radius 2 is 2.11 bits per heavy atom. The molecule has 1 amide bonds. The zero-order valence-electron chi connectivity index (χ0n) is 9.16. The second-order valence-corrected chi connectivity index (χ2v) is 3.87. The predicted molar refractivity (Wildman–Crippen MR) is 60.7 cm³/mol. The normalized spacial score (nSPS) is 17.6. The van der Waals surface area contributed by atoms with Crippen LogP contribution in [0.2, 0.25) is 0 Å². The van der Waals surface area contributed by atoms with Crippen LogP contribution in [0, 0.1) is 0 Å². The van der Waals surface area contributed by atoms with Crippen LogP contribution >= 0.6 is 0 Å². The molecule has 0 unspecified atom stereocenters. The van der Waals surface area contributed by atoms with Crippen molar-refractivity contribution >= 4 is 19.2 Å². The Hall–Kier alpha value is -2.22. The van der Waals surface area contributed by atoms with Gasteiger partial charge in [0.05, 0.1) is 11.5 Å². The van der Waals surface area contributed by atoms with E-state index in [4.69, 9.17) is 14.9 Å². The minimum atomic E-state index is -1.41. The quantitative estimate of drug-likeness (QED) is 0.548. The molecule has 1 aliphatic heterocycles. The number of nitrogens with one attached hydrogen (secondary N) is 1. The largest absolute Gasteiger partial charge is 0.547 e. The maximum absolute atomic E-state index is 11.0. The van der Waals surface area contributed by atoms with Crippen molar-refractivity contribution in [3.63, 3.8) is 0 Å². The molecule has 0 saturated heterocycles. The third kappa shape index (κ3) is 2.23. The third-order valence-electron chi connectivity index (χ3n) is 2.66. The first-order valence-corrected chi connectivity index (χ1v) is 5.18.